The molecule has 7 heteroatoms. The number of halogens is 1. The number of amides is 1. The highest BCUT2D eigenvalue weighted by atomic mass is 35.5. The van der Waals surface area contributed by atoms with Crippen molar-refractivity contribution in [2.45, 2.75) is 6.54 Å². The largest absolute Gasteiger partial charge is 0.494 e. The molecule has 0 aliphatic heterocycles. The predicted molar refractivity (Wildman–Crippen MR) is 138 cm³/mol. The molecule has 0 N–H and O–H groups in total. The van der Waals surface area contributed by atoms with E-state index >= 15 is 0 Å². The number of benzene rings is 4. The lowest BCUT2D eigenvalue weighted by molar-refractivity contribution is -0.120. The van der Waals surface area contributed by atoms with E-state index in [0.717, 1.165) is 21.0 Å². The summed E-state index contributed by atoms with van der Waals surface area (Å²) in [7, 11) is 1.59. The van der Waals surface area contributed by atoms with Gasteiger partial charge in [0.15, 0.2) is 11.7 Å². The van der Waals surface area contributed by atoms with E-state index in [0.29, 0.717) is 33.7 Å². The summed E-state index contributed by atoms with van der Waals surface area (Å²) >= 11 is 7.78. The van der Waals surface area contributed by atoms with Gasteiger partial charge in [-0.05, 0) is 40.6 Å². The molecule has 0 spiro atoms. The van der Waals surface area contributed by atoms with E-state index in [4.69, 9.17) is 26.1 Å². The third-order valence-corrected chi connectivity index (χ3v) is 7.00. The van der Waals surface area contributed by atoms with Crippen LogP contribution in [0.15, 0.2) is 84.9 Å². The van der Waals surface area contributed by atoms with Crippen LogP contribution in [-0.4, -0.2) is 24.6 Å². The van der Waals surface area contributed by atoms with E-state index in [1.807, 2.05) is 72.8 Å². The summed E-state index contributed by atoms with van der Waals surface area (Å²) in [6.45, 7) is 0.243. The predicted octanol–water partition coefficient (Wildman–Crippen LogP) is 6.72. The van der Waals surface area contributed by atoms with Crippen molar-refractivity contribution < 1.29 is 14.3 Å². The van der Waals surface area contributed by atoms with Gasteiger partial charge in [-0.2, -0.15) is 0 Å². The smallest absolute Gasteiger partial charge is 0.267 e. The Morgan fingerprint density at radius 1 is 0.971 bits per heavy atom. The molecule has 1 aromatic heterocycles. The van der Waals surface area contributed by atoms with Crippen molar-refractivity contribution >= 4 is 55.0 Å². The topological polar surface area (TPSA) is 51.7 Å². The molecular weight excluding hydrogens is 468 g/mol. The molecule has 4 aromatic carbocycles. The molecule has 170 valence electrons. The Morgan fingerprint density at radius 3 is 2.53 bits per heavy atom. The van der Waals surface area contributed by atoms with Gasteiger partial charge in [0.1, 0.15) is 17.0 Å². The first-order valence-electron chi connectivity index (χ1n) is 10.7. The number of aromatic nitrogens is 1. The van der Waals surface area contributed by atoms with Gasteiger partial charge in [0.25, 0.3) is 5.91 Å². The molecule has 34 heavy (non-hydrogen) atoms. The number of methoxy groups -OCH3 is 1. The van der Waals surface area contributed by atoms with Crippen LogP contribution in [0.5, 0.6) is 11.5 Å². The number of carbonyl (C=O) groups is 1. The zero-order valence-electron chi connectivity index (χ0n) is 18.4. The van der Waals surface area contributed by atoms with Crippen LogP contribution in [0.2, 0.25) is 5.02 Å². The third-order valence-electron chi connectivity index (χ3n) is 5.47. The second-order valence-electron chi connectivity index (χ2n) is 7.69. The Bertz CT molecular complexity index is 1470. The molecule has 1 amide bonds. The van der Waals surface area contributed by atoms with E-state index in [9.17, 15) is 4.79 Å². The minimum Gasteiger partial charge on any atom is -0.494 e. The normalized spacial score (nSPS) is 11.0. The van der Waals surface area contributed by atoms with Crippen molar-refractivity contribution in [1.29, 1.82) is 0 Å². The van der Waals surface area contributed by atoms with Crippen molar-refractivity contribution in [2.75, 3.05) is 18.6 Å². The van der Waals surface area contributed by atoms with Crippen LogP contribution in [0.4, 0.5) is 5.13 Å². The minimum absolute atomic E-state index is 0.119. The monoisotopic (exact) mass is 488 g/mol. The van der Waals surface area contributed by atoms with Gasteiger partial charge in [-0.3, -0.25) is 9.69 Å². The quantitative estimate of drug-likeness (QED) is 0.255. The fraction of sp³-hybridized carbons (Fsp3) is 0.111. The van der Waals surface area contributed by atoms with Crippen molar-refractivity contribution in [1.82, 2.24) is 4.98 Å². The summed E-state index contributed by atoms with van der Waals surface area (Å²) in [5.41, 5.74) is 1.62. The van der Waals surface area contributed by atoms with Crippen molar-refractivity contribution in [3.05, 3.63) is 95.5 Å². The average molecular weight is 489 g/mol. The number of thiazole rings is 1. The Labute approximate surface area is 206 Å². The van der Waals surface area contributed by atoms with Crippen LogP contribution in [0.3, 0.4) is 0 Å². The molecule has 5 aromatic rings. The lowest BCUT2D eigenvalue weighted by Crippen LogP contribution is -2.34. The molecule has 1 heterocycles. The molecule has 0 saturated heterocycles. The molecule has 0 bridgehead atoms. The summed E-state index contributed by atoms with van der Waals surface area (Å²) in [5.74, 6) is 1.05. The fourth-order valence-electron chi connectivity index (χ4n) is 3.73. The van der Waals surface area contributed by atoms with Gasteiger partial charge < -0.3 is 9.47 Å². The number of carbonyl (C=O) groups excluding carboxylic acids is 1. The molecule has 0 aliphatic carbocycles. The zero-order chi connectivity index (χ0) is 23.5. The van der Waals surface area contributed by atoms with Crippen molar-refractivity contribution in [2.24, 2.45) is 0 Å². The second-order valence-corrected chi connectivity index (χ2v) is 9.07. The van der Waals surface area contributed by atoms with Gasteiger partial charge in [0.05, 0.1) is 23.4 Å². The molecule has 0 fully saturated rings. The first kappa shape index (κ1) is 22.2. The lowest BCUT2D eigenvalue weighted by atomic mass is 10.1. The van der Waals surface area contributed by atoms with Crippen LogP contribution in [0, 0.1) is 0 Å². The molecule has 0 atom stereocenters. The summed E-state index contributed by atoms with van der Waals surface area (Å²) < 4.78 is 12.1. The highest BCUT2D eigenvalue weighted by Crippen LogP contribution is 2.39. The van der Waals surface area contributed by atoms with Crippen LogP contribution < -0.4 is 14.4 Å². The van der Waals surface area contributed by atoms with Gasteiger partial charge in [-0.25, -0.2) is 4.98 Å². The zero-order valence-corrected chi connectivity index (χ0v) is 20.0. The van der Waals surface area contributed by atoms with Gasteiger partial charge in [0.2, 0.25) is 0 Å². The first-order valence-corrected chi connectivity index (χ1v) is 11.9. The Balaban J connectivity index is 1.45. The van der Waals surface area contributed by atoms with Gasteiger partial charge in [-0.1, -0.05) is 83.6 Å². The van der Waals surface area contributed by atoms with Crippen LogP contribution in [0.25, 0.3) is 21.0 Å². The van der Waals surface area contributed by atoms with E-state index in [2.05, 4.69) is 0 Å². The summed E-state index contributed by atoms with van der Waals surface area (Å²) in [5, 5.41) is 3.28. The number of nitrogens with zero attached hydrogens (tertiary/aromatic N) is 2. The molecule has 5 rings (SSSR count). The second kappa shape index (κ2) is 9.71. The highest BCUT2D eigenvalue weighted by molar-refractivity contribution is 7.23. The van der Waals surface area contributed by atoms with Crippen LogP contribution in [0.1, 0.15) is 5.56 Å². The number of hydrogen-bond acceptors (Lipinski definition) is 5. The molecule has 0 unspecified atom stereocenters. The Hall–Kier alpha value is -3.61. The minimum atomic E-state index is -0.203. The average Bonchev–Trinajstić information content (AvgIpc) is 3.33. The number of anilines is 1. The van der Waals surface area contributed by atoms with Crippen LogP contribution >= 0.6 is 22.9 Å². The number of hydrogen-bond donors (Lipinski definition) is 0. The summed E-state index contributed by atoms with van der Waals surface area (Å²) in [6.07, 6.45) is 0. The van der Waals surface area contributed by atoms with E-state index in [-0.39, 0.29) is 12.5 Å². The van der Waals surface area contributed by atoms with E-state index < -0.39 is 0 Å². The third kappa shape index (κ3) is 4.55. The van der Waals surface area contributed by atoms with Gasteiger partial charge >= 0.3 is 0 Å². The number of rotatable bonds is 7. The maximum absolute atomic E-state index is 13.4. The molecule has 0 radical (unpaired) electrons. The van der Waals surface area contributed by atoms with Crippen LogP contribution in [-0.2, 0) is 11.3 Å². The van der Waals surface area contributed by atoms with Crippen molar-refractivity contribution in [3.63, 3.8) is 0 Å². The molecular formula is C27H21ClN2O3S. The van der Waals surface area contributed by atoms with Gasteiger partial charge in [-0.15, -0.1) is 0 Å². The highest BCUT2D eigenvalue weighted by Gasteiger charge is 2.23. The fourth-order valence-corrected chi connectivity index (χ4v) is 5.00. The summed E-state index contributed by atoms with van der Waals surface area (Å²) in [6, 6.07) is 27.2. The van der Waals surface area contributed by atoms with Gasteiger partial charge in [0, 0.05) is 0 Å². The SMILES string of the molecule is COc1ccc(Cl)c2sc(N(Cc3ccccc3)C(=O)COc3ccc4ccccc4c3)nc12. The molecule has 0 saturated carbocycles. The lowest BCUT2D eigenvalue weighted by Gasteiger charge is -2.20. The van der Waals surface area contributed by atoms with E-state index in [1.165, 1.54) is 11.3 Å². The van der Waals surface area contributed by atoms with E-state index in [1.54, 1.807) is 24.1 Å². The Morgan fingerprint density at radius 2 is 1.74 bits per heavy atom. The maximum atomic E-state index is 13.4. The van der Waals surface area contributed by atoms with Crippen molar-refractivity contribution in [3.8, 4) is 11.5 Å². The standard InChI is InChI=1S/C27H21ClN2O3S/c1-32-23-14-13-22(28)26-25(23)29-27(34-26)30(16-18-7-3-2-4-8-18)24(31)17-33-21-12-11-19-9-5-6-10-20(19)15-21/h2-15H,16-17H2,1H3. The summed E-state index contributed by atoms with van der Waals surface area (Å²) in [4.78, 5) is 19.8. The molecule has 0 aliphatic rings. The first-order chi connectivity index (χ1) is 16.6. The molecule has 5 nitrogen and oxygen atoms in total. The number of fused-ring (bicyclic) bond motifs is 2. The maximum Gasteiger partial charge on any atom is 0.267 e. The number of ether oxygens (including phenoxy) is 2. The Kier molecular flexibility index (Phi) is 6.34.